The number of hydrogen-bond acceptors (Lipinski definition) is 3. The summed E-state index contributed by atoms with van der Waals surface area (Å²) in [7, 11) is 0. The molecule has 2 aromatic carbocycles. The summed E-state index contributed by atoms with van der Waals surface area (Å²) >= 11 is 1.60. The van der Waals surface area contributed by atoms with Crippen molar-refractivity contribution in [3.63, 3.8) is 0 Å². The molecule has 0 radical (unpaired) electrons. The van der Waals surface area contributed by atoms with Gasteiger partial charge in [0.25, 0.3) is 5.91 Å². The molecule has 0 bridgehead atoms. The summed E-state index contributed by atoms with van der Waals surface area (Å²) in [5, 5.41) is 2.69. The first-order chi connectivity index (χ1) is 12.5. The predicted molar refractivity (Wildman–Crippen MR) is 97.6 cm³/mol. The maximum atomic E-state index is 13.3. The van der Waals surface area contributed by atoms with Crippen LogP contribution < -0.4 is 5.32 Å². The Morgan fingerprint density at radius 1 is 1.12 bits per heavy atom. The summed E-state index contributed by atoms with van der Waals surface area (Å²) in [6.07, 6.45) is 3.93. The number of imidazole rings is 1. The maximum Gasteiger partial charge on any atom is 0.255 e. The van der Waals surface area contributed by atoms with Crippen molar-refractivity contribution < 1.29 is 13.6 Å². The number of carbonyl (C=O) groups excluding carboxylic acids is 1. The lowest BCUT2D eigenvalue weighted by Gasteiger charge is -2.07. The van der Waals surface area contributed by atoms with E-state index in [1.54, 1.807) is 29.5 Å². The average Bonchev–Trinajstić information content (AvgIpc) is 3.15. The first-order valence-corrected chi connectivity index (χ1v) is 8.63. The second-order valence-corrected chi connectivity index (χ2v) is 7.03. The lowest BCUT2D eigenvalue weighted by molar-refractivity contribution is 0.102. The largest absolute Gasteiger partial charge is 0.322 e. The average molecular weight is 369 g/mol. The lowest BCUT2D eigenvalue weighted by Crippen LogP contribution is -2.12. The van der Waals surface area contributed by atoms with E-state index >= 15 is 0 Å². The number of rotatable bonds is 3. The van der Waals surface area contributed by atoms with Crippen LogP contribution in [0.2, 0.25) is 0 Å². The van der Waals surface area contributed by atoms with E-state index in [4.69, 9.17) is 0 Å². The molecule has 0 fully saturated rings. The van der Waals surface area contributed by atoms with Gasteiger partial charge in [-0.05, 0) is 37.3 Å². The van der Waals surface area contributed by atoms with Gasteiger partial charge in [0, 0.05) is 34.1 Å². The number of nitrogens with zero attached hydrogens (tertiary/aromatic N) is 2. The number of anilines is 1. The van der Waals surface area contributed by atoms with Crippen LogP contribution >= 0.6 is 11.3 Å². The second-order valence-electron chi connectivity index (χ2n) is 5.82. The monoisotopic (exact) mass is 369 g/mol. The first kappa shape index (κ1) is 16.4. The van der Waals surface area contributed by atoms with Crippen molar-refractivity contribution in [1.82, 2.24) is 9.38 Å². The summed E-state index contributed by atoms with van der Waals surface area (Å²) < 4.78 is 28.3. The zero-order valence-electron chi connectivity index (χ0n) is 13.7. The van der Waals surface area contributed by atoms with Crippen LogP contribution in [0.1, 0.15) is 15.2 Å². The molecule has 0 saturated carbocycles. The highest BCUT2D eigenvalue weighted by Gasteiger charge is 2.11. The molecule has 0 aliphatic carbocycles. The van der Waals surface area contributed by atoms with Crippen molar-refractivity contribution in [3.05, 3.63) is 76.9 Å². The number of amides is 1. The van der Waals surface area contributed by atoms with Crippen molar-refractivity contribution in [2.45, 2.75) is 6.92 Å². The van der Waals surface area contributed by atoms with Crippen LogP contribution in [-0.2, 0) is 0 Å². The van der Waals surface area contributed by atoms with Crippen LogP contribution in [0, 0.1) is 18.6 Å². The summed E-state index contributed by atoms with van der Waals surface area (Å²) in [5.74, 6) is -2.55. The number of benzene rings is 2. The molecular formula is C19H13F2N3OS. The van der Waals surface area contributed by atoms with E-state index < -0.39 is 17.5 Å². The van der Waals surface area contributed by atoms with Crippen molar-refractivity contribution in [3.8, 4) is 11.3 Å². The van der Waals surface area contributed by atoms with Crippen LogP contribution in [0.4, 0.5) is 14.5 Å². The molecule has 0 saturated heterocycles. The fourth-order valence-corrected chi connectivity index (χ4v) is 3.46. The highest BCUT2D eigenvalue weighted by atomic mass is 32.1. The molecule has 4 nitrogen and oxygen atoms in total. The van der Waals surface area contributed by atoms with E-state index in [0.29, 0.717) is 5.69 Å². The molecule has 1 N–H and O–H groups in total. The topological polar surface area (TPSA) is 46.4 Å². The highest BCUT2D eigenvalue weighted by Crippen LogP contribution is 2.25. The van der Waals surface area contributed by atoms with Gasteiger partial charge in [-0.25, -0.2) is 13.8 Å². The van der Waals surface area contributed by atoms with Gasteiger partial charge in [0.2, 0.25) is 0 Å². The van der Waals surface area contributed by atoms with Crippen LogP contribution in [0.3, 0.4) is 0 Å². The molecule has 0 unspecified atom stereocenters. The SMILES string of the molecule is Cc1cn2cc(-c3cccc(NC(=O)c4ccc(F)c(F)c4)c3)nc2s1. The van der Waals surface area contributed by atoms with Gasteiger partial charge in [0.15, 0.2) is 16.6 Å². The molecule has 7 heteroatoms. The standard InChI is InChI=1S/C19H13F2N3OS/c1-11-9-24-10-17(23-19(24)26-11)12-3-2-4-14(7-12)22-18(25)13-5-6-15(20)16(21)8-13/h2-10H,1H3,(H,22,25). The number of thiazole rings is 1. The van der Waals surface area contributed by atoms with Gasteiger partial charge < -0.3 is 5.32 Å². The van der Waals surface area contributed by atoms with Gasteiger partial charge in [0.1, 0.15) is 0 Å². The van der Waals surface area contributed by atoms with Crippen LogP contribution in [0.15, 0.2) is 54.9 Å². The molecule has 0 aliphatic rings. The number of fused-ring (bicyclic) bond motifs is 1. The number of hydrogen-bond donors (Lipinski definition) is 1. The van der Waals surface area contributed by atoms with Crippen molar-refractivity contribution in [2.24, 2.45) is 0 Å². The molecular weight excluding hydrogens is 356 g/mol. The van der Waals surface area contributed by atoms with Gasteiger partial charge >= 0.3 is 0 Å². The van der Waals surface area contributed by atoms with Gasteiger partial charge in [-0.1, -0.05) is 12.1 Å². The second kappa shape index (κ2) is 6.34. The minimum absolute atomic E-state index is 0.0484. The molecule has 2 aromatic heterocycles. The van der Waals surface area contributed by atoms with Gasteiger partial charge in [-0.2, -0.15) is 0 Å². The van der Waals surface area contributed by atoms with Gasteiger partial charge in [-0.3, -0.25) is 9.20 Å². The Bertz CT molecular complexity index is 1100. The van der Waals surface area contributed by atoms with Crippen LogP contribution in [0.5, 0.6) is 0 Å². The van der Waals surface area contributed by atoms with Crippen molar-refractivity contribution in [2.75, 3.05) is 5.32 Å². The zero-order chi connectivity index (χ0) is 18.3. The molecule has 130 valence electrons. The molecule has 0 atom stereocenters. The van der Waals surface area contributed by atoms with Crippen molar-refractivity contribution in [1.29, 1.82) is 0 Å². The summed E-state index contributed by atoms with van der Waals surface area (Å²) in [5.41, 5.74) is 2.24. The fraction of sp³-hybridized carbons (Fsp3) is 0.0526. The number of halogens is 2. The molecule has 2 heterocycles. The molecule has 4 rings (SSSR count). The minimum Gasteiger partial charge on any atom is -0.322 e. The minimum atomic E-state index is -1.06. The molecule has 0 aliphatic heterocycles. The van der Waals surface area contributed by atoms with Crippen LogP contribution in [-0.4, -0.2) is 15.3 Å². The summed E-state index contributed by atoms with van der Waals surface area (Å²) in [6, 6.07) is 10.3. The number of carbonyl (C=O) groups is 1. The smallest absolute Gasteiger partial charge is 0.255 e. The third-order valence-electron chi connectivity index (χ3n) is 3.87. The summed E-state index contributed by atoms with van der Waals surface area (Å²) in [6.45, 7) is 2.02. The van der Waals surface area contributed by atoms with E-state index in [1.807, 2.05) is 29.8 Å². The Hall–Kier alpha value is -3.06. The van der Waals surface area contributed by atoms with E-state index in [0.717, 1.165) is 28.4 Å². The molecule has 1 amide bonds. The molecule has 26 heavy (non-hydrogen) atoms. The van der Waals surface area contributed by atoms with E-state index in [9.17, 15) is 13.6 Å². The zero-order valence-corrected chi connectivity index (χ0v) is 14.5. The van der Waals surface area contributed by atoms with Crippen molar-refractivity contribution >= 4 is 27.9 Å². The maximum absolute atomic E-state index is 13.3. The third-order valence-corrected chi connectivity index (χ3v) is 4.78. The molecule has 4 aromatic rings. The van der Waals surface area contributed by atoms with Gasteiger partial charge in [0.05, 0.1) is 5.69 Å². The first-order valence-electron chi connectivity index (χ1n) is 7.81. The Morgan fingerprint density at radius 3 is 2.73 bits per heavy atom. The Morgan fingerprint density at radius 2 is 1.96 bits per heavy atom. The number of nitrogens with one attached hydrogen (secondary N) is 1. The normalized spacial score (nSPS) is 11.0. The Balaban J connectivity index is 1.59. The Kier molecular flexibility index (Phi) is 4.00. The predicted octanol–water partition coefficient (Wildman–Crippen LogP) is 4.90. The van der Waals surface area contributed by atoms with E-state index in [-0.39, 0.29) is 5.56 Å². The third kappa shape index (κ3) is 3.09. The van der Waals surface area contributed by atoms with E-state index in [1.165, 1.54) is 10.9 Å². The van der Waals surface area contributed by atoms with E-state index in [2.05, 4.69) is 10.3 Å². The molecule has 0 spiro atoms. The Labute approximate surface area is 151 Å². The lowest BCUT2D eigenvalue weighted by atomic mass is 10.1. The number of aryl methyl sites for hydroxylation is 1. The van der Waals surface area contributed by atoms with Crippen LogP contribution in [0.25, 0.3) is 16.2 Å². The quantitative estimate of drug-likeness (QED) is 0.558. The van der Waals surface area contributed by atoms with Gasteiger partial charge in [-0.15, -0.1) is 11.3 Å². The fourth-order valence-electron chi connectivity index (χ4n) is 2.65. The summed E-state index contributed by atoms with van der Waals surface area (Å²) in [4.78, 5) is 18.9. The highest BCUT2D eigenvalue weighted by molar-refractivity contribution is 7.17. The number of aromatic nitrogens is 2.